The van der Waals surface area contributed by atoms with Crippen molar-refractivity contribution in [1.82, 2.24) is 14.8 Å². The quantitative estimate of drug-likeness (QED) is 0.634. The van der Waals surface area contributed by atoms with Crippen LogP contribution in [0.5, 0.6) is 11.5 Å². The summed E-state index contributed by atoms with van der Waals surface area (Å²) < 4.78 is 18.3. The number of nitrogens with one attached hydrogen (secondary N) is 1. The van der Waals surface area contributed by atoms with Crippen LogP contribution < -0.4 is 14.8 Å². The number of carbonyl (C=O) groups excluding carboxylic acids is 1. The van der Waals surface area contributed by atoms with Crippen LogP contribution in [0.4, 0.5) is 5.95 Å². The third kappa shape index (κ3) is 3.12. The van der Waals surface area contributed by atoms with Crippen LogP contribution in [0.1, 0.15) is 24.9 Å². The summed E-state index contributed by atoms with van der Waals surface area (Å²) in [4.78, 5) is 17.0. The van der Waals surface area contributed by atoms with Crippen LogP contribution in [0.3, 0.4) is 0 Å². The summed E-state index contributed by atoms with van der Waals surface area (Å²) in [7, 11) is 1.37. The van der Waals surface area contributed by atoms with Crippen LogP contribution >= 0.6 is 11.8 Å². The molecule has 4 rings (SSSR count). The summed E-state index contributed by atoms with van der Waals surface area (Å²) >= 11 is 1.44. The minimum atomic E-state index is -0.473. The van der Waals surface area contributed by atoms with Gasteiger partial charge >= 0.3 is 5.97 Å². The number of fused-ring (bicyclic) bond motifs is 2. The van der Waals surface area contributed by atoms with Gasteiger partial charge in [0.2, 0.25) is 11.1 Å². The number of methoxy groups -OCH3 is 1. The number of anilines is 1. The smallest absolute Gasteiger partial charge is 0.338 e. The van der Waals surface area contributed by atoms with Gasteiger partial charge in [0.25, 0.3) is 0 Å². The number of ether oxygens (including phenoxy) is 3. The molecule has 0 fully saturated rings. The maximum absolute atomic E-state index is 12.5. The first-order chi connectivity index (χ1) is 13.1. The molecule has 8 nitrogen and oxygen atoms in total. The maximum atomic E-state index is 12.5. The van der Waals surface area contributed by atoms with Crippen molar-refractivity contribution in [1.29, 1.82) is 0 Å². The van der Waals surface area contributed by atoms with E-state index in [0.717, 1.165) is 12.0 Å². The van der Waals surface area contributed by atoms with E-state index in [0.29, 0.717) is 47.1 Å². The Bertz CT molecular complexity index is 924. The summed E-state index contributed by atoms with van der Waals surface area (Å²) in [6.07, 6.45) is 2.74. The monoisotopic (exact) mass is 388 g/mol. The molecule has 0 spiro atoms. The number of carbonyl (C=O) groups is 1. The van der Waals surface area contributed by atoms with Crippen molar-refractivity contribution in [3.05, 3.63) is 35.0 Å². The van der Waals surface area contributed by atoms with Gasteiger partial charge in [-0.1, -0.05) is 17.8 Å². The molecule has 0 radical (unpaired) electrons. The minimum Gasteiger partial charge on any atom is -0.490 e. The maximum Gasteiger partial charge on any atom is 0.338 e. The lowest BCUT2D eigenvalue weighted by atomic mass is 9.95. The van der Waals surface area contributed by atoms with Crippen LogP contribution in [-0.2, 0) is 9.53 Å². The SMILES string of the molecule is COC(=O)C1=C(C)Nc2nc(SC)nn2C1c1ccc2c(c1)OCCCO2. The van der Waals surface area contributed by atoms with E-state index in [-0.39, 0.29) is 0 Å². The van der Waals surface area contributed by atoms with E-state index in [9.17, 15) is 4.79 Å². The van der Waals surface area contributed by atoms with Crippen molar-refractivity contribution >= 4 is 23.7 Å². The van der Waals surface area contributed by atoms with E-state index in [1.807, 2.05) is 31.4 Å². The highest BCUT2D eigenvalue weighted by Gasteiger charge is 2.35. The molecule has 1 aromatic heterocycles. The lowest BCUT2D eigenvalue weighted by Crippen LogP contribution is -2.29. The fraction of sp³-hybridized carbons (Fsp3) is 0.389. The number of hydrogen-bond donors (Lipinski definition) is 1. The van der Waals surface area contributed by atoms with Crippen molar-refractivity contribution in [2.45, 2.75) is 24.5 Å². The van der Waals surface area contributed by atoms with E-state index in [1.165, 1.54) is 18.9 Å². The molecule has 1 aromatic carbocycles. The molecule has 1 N–H and O–H groups in total. The average molecular weight is 388 g/mol. The second-order valence-corrected chi connectivity index (χ2v) is 6.95. The van der Waals surface area contributed by atoms with E-state index in [4.69, 9.17) is 14.2 Å². The number of nitrogens with zero attached hydrogens (tertiary/aromatic N) is 3. The van der Waals surface area contributed by atoms with Gasteiger partial charge in [0.1, 0.15) is 6.04 Å². The standard InChI is InChI=1S/C18H20N4O4S/c1-10-14(16(23)24-2)15(22-17(19-10)20-18(21-22)27-3)11-5-6-12-13(9-11)26-8-4-7-25-12/h5-6,9,15H,4,7-8H2,1-3H3,(H,19,20,21). The number of esters is 1. The summed E-state index contributed by atoms with van der Waals surface area (Å²) in [5, 5.41) is 8.32. The number of benzene rings is 1. The summed E-state index contributed by atoms with van der Waals surface area (Å²) in [6, 6.07) is 5.22. The topological polar surface area (TPSA) is 87.5 Å². The Morgan fingerprint density at radius 2 is 2.11 bits per heavy atom. The average Bonchev–Trinajstić information content (AvgIpc) is 2.94. The number of hydrogen-bond acceptors (Lipinski definition) is 8. The molecule has 27 heavy (non-hydrogen) atoms. The third-order valence-electron chi connectivity index (χ3n) is 4.51. The van der Waals surface area contributed by atoms with E-state index in [2.05, 4.69) is 15.4 Å². The highest BCUT2D eigenvalue weighted by Crippen LogP contribution is 2.40. The molecule has 142 valence electrons. The molecule has 0 saturated carbocycles. The summed E-state index contributed by atoms with van der Waals surface area (Å²) in [5.74, 6) is 1.54. The molecule has 3 heterocycles. The van der Waals surface area contributed by atoms with Crippen molar-refractivity contribution in [2.24, 2.45) is 0 Å². The largest absolute Gasteiger partial charge is 0.490 e. The predicted molar refractivity (Wildman–Crippen MR) is 100 cm³/mol. The fourth-order valence-corrected chi connectivity index (χ4v) is 3.60. The van der Waals surface area contributed by atoms with Gasteiger partial charge in [-0.15, -0.1) is 5.10 Å². The Morgan fingerprint density at radius 3 is 2.85 bits per heavy atom. The lowest BCUT2D eigenvalue weighted by molar-refractivity contribution is -0.136. The van der Waals surface area contributed by atoms with E-state index >= 15 is 0 Å². The number of thioether (sulfide) groups is 1. The van der Waals surface area contributed by atoms with Crippen molar-refractivity contribution < 1.29 is 19.0 Å². The Labute approximate surface area is 160 Å². The molecule has 2 aromatic rings. The molecule has 1 unspecified atom stereocenters. The first-order valence-corrected chi connectivity index (χ1v) is 9.81. The normalized spacial score (nSPS) is 18.4. The molecule has 0 saturated heterocycles. The first kappa shape index (κ1) is 17.7. The van der Waals surface area contributed by atoms with Crippen LogP contribution in [0, 0.1) is 0 Å². The molecular formula is C18H20N4O4S. The van der Waals surface area contributed by atoms with Gasteiger partial charge in [-0.05, 0) is 30.9 Å². The third-order valence-corrected chi connectivity index (χ3v) is 5.05. The van der Waals surface area contributed by atoms with Crippen LogP contribution in [-0.4, -0.2) is 47.3 Å². The zero-order valence-corrected chi connectivity index (χ0v) is 16.1. The second-order valence-electron chi connectivity index (χ2n) is 6.18. The molecular weight excluding hydrogens is 368 g/mol. The van der Waals surface area contributed by atoms with Gasteiger partial charge in [-0.2, -0.15) is 4.98 Å². The predicted octanol–water partition coefficient (Wildman–Crippen LogP) is 2.62. The Kier molecular flexibility index (Phi) is 4.69. The van der Waals surface area contributed by atoms with Gasteiger partial charge in [-0.3, -0.25) is 0 Å². The summed E-state index contributed by atoms with van der Waals surface area (Å²) in [6.45, 7) is 3.04. The van der Waals surface area contributed by atoms with Crippen molar-refractivity contribution in [3.8, 4) is 11.5 Å². The van der Waals surface area contributed by atoms with Crippen LogP contribution in [0.15, 0.2) is 34.6 Å². The zero-order valence-electron chi connectivity index (χ0n) is 15.3. The molecule has 2 aliphatic rings. The Balaban J connectivity index is 1.86. The highest BCUT2D eigenvalue weighted by atomic mass is 32.2. The molecule has 0 bridgehead atoms. The van der Waals surface area contributed by atoms with Crippen LogP contribution in [0.2, 0.25) is 0 Å². The first-order valence-electron chi connectivity index (χ1n) is 8.58. The Hall–Kier alpha value is -2.68. The lowest BCUT2D eigenvalue weighted by Gasteiger charge is -2.28. The number of rotatable bonds is 3. The minimum absolute atomic E-state index is 0.413. The van der Waals surface area contributed by atoms with Gasteiger partial charge in [-0.25, -0.2) is 9.48 Å². The number of allylic oxidation sites excluding steroid dienone is 1. The second kappa shape index (κ2) is 7.15. The molecule has 0 aliphatic carbocycles. The number of aromatic nitrogens is 3. The highest BCUT2D eigenvalue weighted by molar-refractivity contribution is 7.98. The van der Waals surface area contributed by atoms with Gasteiger partial charge in [0.05, 0.1) is 25.9 Å². The Morgan fingerprint density at radius 1 is 1.33 bits per heavy atom. The molecule has 0 amide bonds. The van der Waals surface area contributed by atoms with Gasteiger partial charge in [0.15, 0.2) is 11.5 Å². The molecule has 9 heteroatoms. The van der Waals surface area contributed by atoms with Crippen molar-refractivity contribution in [2.75, 3.05) is 31.9 Å². The molecule has 1 atom stereocenters. The summed E-state index contributed by atoms with van der Waals surface area (Å²) in [5.41, 5.74) is 2.02. The fourth-order valence-electron chi connectivity index (χ4n) is 3.25. The van der Waals surface area contributed by atoms with Gasteiger partial charge in [0, 0.05) is 12.1 Å². The van der Waals surface area contributed by atoms with Gasteiger partial charge < -0.3 is 19.5 Å². The van der Waals surface area contributed by atoms with E-state index < -0.39 is 12.0 Å². The zero-order chi connectivity index (χ0) is 19.0. The van der Waals surface area contributed by atoms with Crippen molar-refractivity contribution in [3.63, 3.8) is 0 Å². The van der Waals surface area contributed by atoms with E-state index in [1.54, 1.807) is 4.68 Å². The van der Waals surface area contributed by atoms with Crippen LogP contribution in [0.25, 0.3) is 0 Å². The molecule has 2 aliphatic heterocycles.